The van der Waals surface area contributed by atoms with Crippen LogP contribution in [-0.4, -0.2) is 58.0 Å². The van der Waals surface area contributed by atoms with Gasteiger partial charge in [-0.15, -0.1) is 0 Å². The van der Waals surface area contributed by atoms with Gasteiger partial charge in [0.2, 0.25) is 17.7 Å². The fourth-order valence-electron chi connectivity index (χ4n) is 6.68. The Hall–Kier alpha value is -3.72. The lowest BCUT2D eigenvalue weighted by Crippen LogP contribution is -2.56. The van der Waals surface area contributed by atoms with E-state index in [4.69, 9.17) is 9.47 Å². The summed E-state index contributed by atoms with van der Waals surface area (Å²) in [6.07, 6.45) is 11.6. The van der Waals surface area contributed by atoms with Crippen LogP contribution in [0.3, 0.4) is 0 Å². The molecule has 1 aromatic heterocycles. The molecule has 1 spiro atoms. The van der Waals surface area contributed by atoms with E-state index in [0.717, 1.165) is 31.2 Å². The molecule has 5 atom stereocenters. The van der Waals surface area contributed by atoms with E-state index in [1.54, 1.807) is 47.6 Å². The van der Waals surface area contributed by atoms with Crippen molar-refractivity contribution in [3.05, 3.63) is 66.5 Å². The van der Waals surface area contributed by atoms with E-state index in [-0.39, 0.29) is 30.3 Å². The highest BCUT2D eigenvalue weighted by Gasteiger charge is 2.72. The predicted octanol–water partition coefficient (Wildman–Crippen LogP) is 3.22. The number of hydrogen-bond donors (Lipinski definition) is 2. The molecule has 204 valence electrons. The van der Waals surface area contributed by atoms with Gasteiger partial charge in [0.1, 0.15) is 17.4 Å². The van der Waals surface area contributed by atoms with Gasteiger partial charge in [-0.25, -0.2) is 0 Å². The normalized spacial score (nSPS) is 29.4. The van der Waals surface area contributed by atoms with Gasteiger partial charge in [0, 0.05) is 30.7 Å². The molecule has 1 aromatic carbocycles. The molecule has 4 heterocycles. The number of nitrogens with one attached hydrogen (secondary N) is 2. The van der Waals surface area contributed by atoms with Crippen LogP contribution in [0, 0.1) is 11.8 Å². The summed E-state index contributed by atoms with van der Waals surface area (Å²) in [5, 5.41) is 6.16. The number of carbonyl (C=O) groups excluding carboxylic acids is 3. The van der Waals surface area contributed by atoms with Gasteiger partial charge in [-0.05, 0) is 55.7 Å². The standard InChI is InChI=1S/C30H34N4O5/c1-2-38-22-12-10-21(11-13-22)32-27(35)24-23-14-15-30(39-23)25(24)29(37)34(18-19-7-6-16-31-17-19)26(30)28(36)33-20-8-4-3-5-9-20/h6-7,10-17,20,23-26H,2-5,8-9,18H2,1H3,(H,32,35)(H,33,36)/t23-,24+,25-,26+,30-/m0/s1. The maximum atomic E-state index is 14.1. The lowest BCUT2D eigenvalue weighted by atomic mass is 9.74. The van der Waals surface area contributed by atoms with Gasteiger partial charge in [0.15, 0.2) is 0 Å². The molecular weight excluding hydrogens is 496 g/mol. The second kappa shape index (κ2) is 10.4. The molecule has 0 unspecified atom stereocenters. The highest BCUT2D eigenvalue weighted by Crippen LogP contribution is 2.55. The number of likely N-dealkylation sites (tertiary alicyclic amines) is 1. The number of ether oxygens (including phenoxy) is 2. The average Bonchev–Trinajstić information content (AvgIpc) is 3.59. The van der Waals surface area contributed by atoms with E-state index in [0.29, 0.717) is 18.0 Å². The van der Waals surface area contributed by atoms with E-state index < -0.39 is 29.6 Å². The second-order valence-corrected chi connectivity index (χ2v) is 10.8. The number of pyridine rings is 1. The number of benzene rings is 1. The lowest BCUT2D eigenvalue weighted by molar-refractivity contribution is -0.142. The Bertz CT molecular complexity index is 1260. The van der Waals surface area contributed by atoms with Crippen molar-refractivity contribution in [2.75, 3.05) is 11.9 Å². The van der Waals surface area contributed by atoms with Crippen molar-refractivity contribution in [2.45, 2.75) is 69.4 Å². The highest BCUT2D eigenvalue weighted by atomic mass is 16.5. The Balaban J connectivity index is 1.28. The molecule has 9 heteroatoms. The number of rotatable bonds is 8. The molecule has 4 aliphatic rings. The number of aromatic nitrogens is 1. The first-order chi connectivity index (χ1) is 19.0. The van der Waals surface area contributed by atoms with E-state index in [2.05, 4.69) is 15.6 Å². The van der Waals surface area contributed by atoms with Crippen molar-refractivity contribution < 1.29 is 23.9 Å². The van der Waals surface area contributed by atoms with Crippen LogP contribution < -0.4 is 15.4 Å². The van der Waals surface area contributed by atoms with E-state index >= 15 is 0 Å². The average molecular weight is 531 g/mol. The summed E-state index contributed by atoms with van der Waals surface area (Å²) in [6.45, 7) is 2.67. The molecular formula is C30H34N4O5. The van der Waals surface area contributed by atoms with Crippen molar-refractivity contribution in [2.24, 2.45) is 11.8 Å². The van der Waals surface area contributed by atoms with Crippen LogP contribution in [-0.2, 0) is 25.7 Å². The summed E-state index contributed by atoms with van der Waals surface area (Å²) in [7, 11) is 0. The Morgan fingerprint density at radius 1 is 1.13 bits per heavy atom. The smallest absolute Gasteiger partial charge is 0.246 e. The molecule has 2 saturated heterocycles. The third-order valence-electron chi connectivity index (χ3n) is 8.39. The van der Waals surface area contributed by atoms with Crippen LogP contribution in [0.25, 0.3) is 0 Å². The zero-order chi connectivity index (χ0) is 27.0. The van der Waals surface area contributed by atoms with E-state index in [1.807, 2.05) is 25.1 Å². The maximum Gasteiger partial charge on any atom is 0.246 e. The molecule has 6 rings (SSSR count). The minimum atomic E-state index is -1.19. The lowest BCUT2D eigenvalue weighted by Gasteiger charge is -2.34. The second-order valence-electron chi connectivity index (χ2n) is 10.8. The Morgan fingerprint density at radius 2 is 1.92 bits per heavy atom. The van der Waals surface area contributed by atoms with Crippen LogP contribution in [0.2, 0.25) is 0 Å². The van der Waals surface area contributed by atoms with E-state index in [9.17, 15) is 14.4 Å². The molecule has 3 fully saturated rings. The molecule has 3 aliphatic heterocycles. The van der Waals surface area contributed by atoms with E-state index in [1.165, 1.54) is 6.42 Å². The minimum Gasteiger partial charge on any atom is -0.494 e. The summed E-state index contributed by atoms with van der Waals surface area (Å²) in [6, 6.07) is 10.0. The summed E-state index contributed by atoms with van der Waals surface area (Å²) in [5.74, 6) is -1.61. The number of amides is 3. The number of anilines is 1. The summed E-state index contributed by atoms with van der Waals surface area (Å²) >= 11 is 0. The van der Waals surface area contributed by atoms with Gasteiger partial charge in [-0.1, -0.05) is 37.5 Å². The molecule has 0 radical (unpaired) electrons. The molecule has 39 heavy (non-hydrogen) atoms. The van der Waals surface area contributed by atoms with Crippen molar-refractivity contribution >= 4 is 23.4 Å². The highest BCUT2D eigenvalue weighted by molar-refractivity contribution is 6.02. The molecule has 2 bridgehead atoms. The number of carbonyl (C=O) groups is 3. The zero-order valence-electron chi connectivity index (χ0n) is 22.0. The fraction of sp³-hybridized carbons (Fsp3) is 0.467. The summed E-state index contributed by atoms with van der Waals surface area (Å²) in [4.78, 5) is 47.4. The molecule has 2 N–H and O–H groups in total. The van der Waals surface area contributed by atoms with Crippen LogP contribution in [0.15, 0.2) is 60.9 Å². The quantitative estimate of drug-likeness (QED) is 0.508. The number of fused-ring (bicyclic) bond motifs is 1. The Kier molecular flexibility index (Phi) is 6.85. The minimum absolute atomic E-state index is 0.0818. The van der Waals surface area contributed by atoms with Crippen LogP contribution >= 0.6 is 0 Å². The molecule has 1 aliphatic carbocycles. The van der Waals surface area contributed by atoms with Gasteiger partial charge in [-0.2, -0.15) is 0 Å². The van der Waals surface area contributed by atoms with Crippen molar-refractivity contribution in [1.82, 2.24) is 15.2 Å². The summed E-state index contributed by atoms with van der Waals surface area (Å²) < 4.78 is 11.9. The van der Waals surface area contributed by atoms with Crippen molar-refractivity contribution in [3.8, 4) is 5.75 Å². The SMILES string of the molecule is CCOc1ccc(NC(=O)[C@@H]2[C@@H]3C=C[C@]4(O3)[C@@H]2C(=O)N(Cc2cccnc2)[C@@H]4C(=O)NC2CCCCC2)cc1. The van der Waals surface area contributed by atoms with Crippen LogP contribution in [0.5, 0.6) is 5.75 Å². The Labute approximate surface area is 228 Å². The molecule has 2 aromatic rings. The van der Waals surface area contributed by atoms with Crippen molar-refractivity contribution in [1.29, 1.82) is 0 Å². The van der Waals surface area contributed by atoms with Crippen molar-refractivity contribution in [3.63, 3.8) is 0 Å². The van der Waals surface area contributed by atoms with Gasteiger partial charge in [0.25, 0.3) is 0 Å². The third-order valence-corrected chi connectivity index (χ3v) is 8.39. The first-order valence-electron chi connectivity index (χ1n) is 13.9. The topological polar surface area (TPSA) is 110 Å². The zero-order valence-corrected chi connectivity index (χ0v) is 22.0. The van der Waals surface area contributed by atoms with Crippen LogP contribution in [0.1, 0.15) is 44.6 Å². The summed E-state index contributed by atoms with van der Waals surface area (Å²) in [5.41, 5.74) is 0.226. The largest absolute Gasteiger partial charge is 0.494 e. The molecule has 3 amide bonds. The molecule has 1 saturated carbocycles. The predicted molar refractivity (Wildman–Crippen MR) is 144 cm³/mol. The molecule has 9 nitrogen and oxygen atoms in total. The monoisotopic (exact) mass is 530 g/mol. The maximum absolute atomic E-state index is 14.1. The van der Waals surface area contributed by atoms with Gasteiger partial charge >= 0.3 is 0 Å². The van der Waals surface area contributed by atoms with Gasteiger partial charge < -0.3 is 25.0 Å². The van der Waals surface area contributed by atoms with Gasteiger partial charge in [-0.3, -0.25) is 19.4 Å². The fourth-order valence-corrected chi connectivity index (χ4v) is 6.68. The Morgan fingerprint density at radius 3 is 2.64 bits per heavy atom. The van der Waals surface area contributed by atoms with Gasteiger partial charge in [0.05, 0.1) is 24.5 Å². The van der Waals surface area contributed by atoms with Crippen LogP contribution in [0.4, 0.5) is 5.69 Å². The first kappa shape index (κ1) is 25.6. The first-order valence-corrected chi connectivity index (χ1v) is 13.9. The number of hydrogen-bond acceptors (Lipinski definition) is 6. The number of nitrogens with zero attached hydrogens (tertiary/aromatic N) is 2. The third kappa shape index (κ3) is 4.58.